The van der Waals surface area contributed by atoms with E-state index in [1.165, 1.54) is 0 Å². The third kappa shape index (κ3) is 2.62. The third-order valence-electron chi connectivity index (χ3n) is 3.06. The molecule has 3 aromatic rings. The summed E-state index contributed by atoms with van der Waals surface area (Å²) in [5.41, 5.74) is 12.7. The number of aromatic nitrogens is 2. The first-order valence-corrected chi connectivity index (χ1v) is 7.86. The van der Waals surface area contributed by atoms with E-state index in [1.54, 1.807) is 30.2 Å². The number of aryl methyl sites for hydroxylation is 1. The van der Waals surface area contributed by atoms with Crippen LogP contribution in [0.5, 0.6) is 5.75 Å². The fraction of sp³-hybridized carbons (Fsp3) is 0.143. The van der Waals surface area contributed by atoms with Gasteiger partial charge in [-0.2, -0.15) is 4.98 Å². The van der Waals surface area contributed by atoms with Crippen molar-refractivity contribution in [3.63, 3.8) is 0 Å². The molecule has 0 aliphatic carbocycles. The molecule has 0 aliphatic rings. The molecule has 0 saturated heterocycles. The molecule has 3 rings (SSSR count). The van der Waals surface area contributed by atoms with Crippen molar-refractivity contribution in [1.82, 2.24) is 9.97 Å². The number of hydrogen-bond acceptors (Lipinski definition) is 7. The first-order chi connectivity index (χ1) is 10.1. The second kappa shape index (κ2) is 5.42. The Bertz CT molecular complexity index is 799. The van der Waals surface area contributed by atoms with Gasteiger partial charge in [0, 0.05) is 4.90 Å². The van der Waals surface area contributed by atoms with Gasteiger partial charge in [0.05, 0.1) is 16.7 Å². The molecule has 2 heterocycles. The van der Waals surface area contributed by atoms with Crippen LogP contribution in [0.3, 0.4) is 0 Å². The largest absolute Gasteiger partial charge is 0.497 e. The third-order valence-corrected chi connectivity index (χ3v) is 5.54. The number of hydrogen-bond donors (Lipinski definition) is 2. The summed E-state index contributed by atoms with van der Waals surface area (Å²) in [4.78, 5) is 10.2. The van der Waals surface area contributed by atoms with Gasteiger partial charge in [0.1, 0.15) is 16.4 Å². The molecule has 0 radical (unpaired) electrons. The van der Waals surface area contributed by atoms with Crippen LogP contribution >= 0.6 is 23.1 Å². The van der Waals surface area contributed by atoms with Crippen LogP contribution in [-0.4, -0.2) is 17.1 Å². The van der Waals surface area contributed by atoms with Gasteiger partial charge >= 0.3 is 0 Å². The van der Waals surface area contributed by atoms with Crippen LogP contribution in [0.25, 0.3) is 10.2 Å². The van der Waals surface area contributed by atoms with E-state index in [2.05, 4.69) is 9.97 Å². The predicted molar refractivity (Wildman–Crippen MR) is 88.1 cm³/mol. The van der Waals surface area contributed by atoms with Gasteiger partial charge in [-0.25, -0.2) is 4.98 Å². The summed E-state index contributed by atoms with van der Waals surface area (Å²) >= 11 is 3.25. The van der Waals surface area contributed by atoms with E-state index >= 15 is 0 Å². The Morgan fingerprint density at radius 2 is 1.86 bits per heavy atom. The summed E-state index contributed by atoms with van der Waals surface area (Å²) in [5, 5.41) is 0.894. The molecule has 0 fully saturated rings. The molecule has 0 amide bonds. The van der Waals surface area contributed by atoms with Crippen LogP contribution < -0.4 is 16.2 Å². The Hall–Kier alpha value is -1.99. The van der Waals surface area contributed by atoms with Crippen LogP contribution in [0.1, 0.15) is 5.56 Å². The van der Waals surface area contributed by atoms with Gasteiger partial charge in [-0.05, 0) is 36.8 Å². The van der Waals surface area contributed by atoms with Gasteiger partial charge < -0.3 is 16.2 Å². The number of fused-ring (bicyclic) bond motifs is 1. The minimum Gasteiger partial charge on any atom is -0.497 e. The zero-order valence-corrected chi connectivity index (χ0v) is 13.2. The van der Waals surface area contributed by atoms with E-state index in [0.717, 1.165) is 30.6 Å². The smallest absolute Gasteiger partial charge is 0.223 e. The van der Waals surface area contributed by atoms with Crippen molar-refractivity contribution in [2.75, 3.05) is 18.6 Å². The molecule has 5 nitrogen and oxygen atoms in total. The summed E-state index contributed by atoms with van der Waals surface area (Å²) in [6.07, 6.45) is 0. The second-order valence-electron chi connectivity index (χ2n) is 4.44. The monoisotopic (exact) mass is 318 g/mol. The number of nitrogens with zero attached hydrogens (tertiary/aromatic N) is 2. The summed E-state index contributed by atoms with van der Waals surface area (Å²) in [5.74, 6) is 1.49. The summed E-state index contributed by atoms with van der Waals surface area (Å²) in [6, 6.07) is 7.93. The highest BCUT2D eigenvalue weighted by molar-refractivity contribution is 8.01. The van der Waals surface area contributed by atoms with E-state index in [-0.39, 0.29) is 5.95 Å². The predicted octanol–water partition coefficient (Wildman–Crippen LogP) is 3.32. The number of anilines is 2. The highest BCUT2D eigenvalue weighted by Crippen LogP contribution is 2.42. The highest BCUT2D eigenvalue weighted by atomic mass is 32.2. The Kier molecular flexibility index (Phi) is 3.60. The van der Waals surface area contributed by atoms with Crippen LogP contribution in [0.2, 0.25) is 0 Å². The van der Waals surface area contributed by atoms with E-state index in [0.29, 0.717) is 5.82 Å². The molecule has 0 atom stereocenters. The average molecular weight is 318 g/mol. The molecular formula is C14H14N4OS2. The molecule has 108 valence electrons. The minimum atomic E-state index is 0.210. The van der Waals surface area contributed by atoms with Crippen molar-refractivity contribution in [3.8, 4) is 5.75 Å². The first-order valence-electron chi connectivity index (χ1n) is 6.22. The van der Waals surface area contributed by atoms with Gasteiger partial charge in [0.15, 0.2) is 0 Å². The van der Waals surface area contributed by atoms with Crippen LogP contribution in [0.4, 0.5) is 11.8 Å². The quantitative estimate of drug-likeness (QED) is 0.770. The molecule has 21 heavy (non-hydrogen) atoms. The van der Waals surface area contributed by atoms with E-state index in [9.17, 15) is 0 Å². The Morgan fingerprint density at radius 3 is 2.52 bits per heavy atom. The summed E-state index contributed by atoms with van der Waals surface area (Å²) < 4.78 is 6.31. The normalized spacial score (nSPS) is 11.0. The van der Waals surface area contributed by atoms with Crippen molar-refractivity contribution in [1.29, 1.82) is 0 Å². The number of ether oxygens (including phenoxy) is 1. The Labute approximate surface area is 130 Å². The highest BCUT2D eigenvalue weighted by Gasteiger charge is 2.15. The van der Waals surface area contributed by atoms with Gasteiger partial charge in [-0.15, -0.1) is 11.3 Å². The lowest BCUT2D eigenvalue weighted by Crippen LogP contribution is -1.99. The maximum Gasteiger partial charge on any atom is 0.223 e. The lowest BCUT2D eigenvalue weighted by Gasteiger charge is -2.02. The standard InChI is InChI=1S/C14H14N4OS2/c1-7-10-11(15)17-14(16)18-12(10)21-13(7)20-9-5-3-8(19-2)4-6-9/h3-6H,1-2H3,(H4,15,16,17,18). The number of benzene rings is 1. The number of rotatable bonds is 3. The molecule has 0 spiro atoms. The summed E-state index contributed by atoms with van der Waals surface area (Å²) in [7, 11) is 1.66. The molecule has 0 bridgehead atoms. The fourth-order valence-electron chi connectivity index (χ4n) is 2.01. The first kappa shape index (κ1) is 14.0. The minimum absolute atomic E-state index is 0.210. The van der Waals surface area contributed by atoms with Gasteiger partial charge in [-0.1, -0.05) is 11.8 Å². The maximum absolute atomic E-state index is 5.95. The average Bonchev–Trinajstić information content (AvgIpc) is 2.76. The molecule has 0 unspecified atom stereocenters. The van der Waals surface area contributed by atoms with Gasteiger partial charge in [0.25, 0.3) is 0 Å². The molecule has 0 saturated carbocycles. The molecule has 1 aromatic carbocycles. The molecule has 0 aliphatic heterocycles. The maximum atomic E-state index is 5.95. The van der Waals surface area contributed by atoms with Gasteiger partial charge in [-0.3, -0.25) is 0 Å². The molecule has 2 aromatic heterocycles. The van der Waals surface area contributed by atoms with Crippen molar-refractivity contribution >= 4 is 45.1 Å². The lowest BCUT2D eigenvalue weighted by atomic mass is 10.2. The van der Waals surface area contributed by atoms with Crippen molar-refractivity contribution < 1.29 is 4.74 Å². The molecule has 7 heteroatoms. The van der Waals surface area contributed by atoms with Gasteiger partial charge in [0.2, 0.25) is 5.95 Å². The summed E-state index contributed by atoms with van der Waals surface area (Å²) in [6.45, 7) is 2.03. The second-order valence-corrected chi connectivity index (χ2v) is 6.78. The number of nitrogen functional groups attached to an aromatic ring is 2. The van der Waals surface area contributed by atoms with Crippen molar-refractivity contribution in [2.45, 2.75) is 16.0 Å². The zero-order valence-electron chi connectivity index (χ0n) is 11.6. The zero-order chi connectivity index (χ0) is 15.0. The topological polar surface area (TPSA) is 87.0 Å². The van der Waals surface area contributed by atoms with E-state index < -0.39 is 0 Å². The Balaban J connectivity index is 2.00. The van der Waals surface area contributed by atoms with Crippen molar-refractivity contribution in [3.05, 3.63) is 29.8 Å². The molecular weight excluding hydrogens is 304 g/mol. The Morgan fingerprint density at radius 1 is 1.14 bits per heavy atom. The van der Waals surface area contributed by atoms with Crippen LogP contribution in [-0.2, 0) is 0 Å². The van der Waals surface area contributed by atoms with E-state index in [1.807, 2.05) is 31.2 Å². The number of thiophene rings is 1. The van der Waals surface area contributed by atoms with E-state index in [4.69, 9.17) is 16.2 Å². The van der Waals surface area contributed by atoms with Crippen LogP contribution in [0.15, 0.2) is 33.4 Å². The fourth-order valence-corrected chi connectivity index (χ4v) is 4.38. The SMILES string of the molecule is COc1ccc(Sc2sc3nc(N)nc(N)c3c2C)cc1. The lowest BCUT2D eigenvalue weighted by molar-refractivity contribution is 0.414. The van der Waals surface area contributed by atoms with Crippen molar-refractivity contribution in [2.24, 2.45) is 0 Å². The number of methoxy groups -OCH3 is 1. The van der Waals surface area contributed by atoms with Crippen LogP contribution in [0, 0.1) is 6.92 Å². The number of nitrogens with two attached hydrogens (primary N) is 2. The molecule has 4 N–H and O–H groups in total.